The summed E-state index contributed by atoms with van der Waals surface area (Å²) in [4.78, 5) is 28.7. The molecule has 130 valence electrons. The van der Waals surface area contributed by atoms with E-state index in [1.54, 1.807) is 12.1 Å². The van der Waals surface area contributed by atoms with Crippen LogP contribution in [0.5, 0.6) is 0 Å². The van der Waals surface area contributed by atoms with E-state index in [0.717, 1.165) is 32.1 Å². The summed E-state index contributed by atoms with van der Waals surface area (Å²) in [5, 5.41) is 5.88. The SMILES string of the molecule is O=C(NCCc1ccccc1)c1ccnc(C(=O)NC2CCCC2)c1. The van der Waals surface area contributed by atoms with Crippen LogP contribution in [0.2, 0.25) is 0 Å². The number of benzene rings is 1. The largest absolute Gasteiger partial charge is 0.352 e. The van der Waals surface area contributed by atoms with E-state index < -0.39 is 0 Å². The standard InChI is InChI=1S/C20H23N3O2/c24-19(22-12-10-15-6-2-1-3-7-15)16-11-13-21-18(14-16)20(25)23-17-8-4-5-9-17/h1-3,6-7,11,13-14,17H,4-5,8-10,12H2,(H,22,24)(H,23,25). The quantitative estimate of drug-likeness (QED) is 0.851. The van der Waals surface area contributed by atoms with Gasteiger partial charge in [-0.1, -0.05) is 43.2 Å². The Morgan fingerprint density at radius 1 is 1.04 bits per heavy atom. The molecule has 0 unspecified atom stereocenters. The number of aromatic nitrogens is 1. The Bertz CT molecular complexity index is 725. The number of hydrogen-bond donors (Lipinski definition) is 2. The molecule has 2 aromatic rings. The summed E-state index contributed by atoms with van der Waals surface area (Å²) < 4.78 is 0. The zero-order chi connectivity index (χ0) is 17.5. The van der Waals surface area contributed by atoms with Gasteiger partial charge in [-0.05, 0) is 37.0 Å². The fourth-order valence-electron chi connectivity index (χ4n) is 3.09. The second-order valence-corrected chi connectivity index (χ2v) is 6.38. The second-order valence-electron chi connectivity index (χ2n) is 6.38. The first-order chi connectivity index (χ1) is 12.2. The molecule has 2 N–H and O–H groups in total. The van der Waals surface area contributed by atoms with Gasteiger partial charge in [0.15, 0.2) is 0 Å². The van der Waals surface area contributed by atoms with Crippen molar-refractivity contribution in [1.82, 2.24) is 15.6 Å². The zero-order valence-electron chi connectivity index (χ0n) is 14.2. The van der Waals surface area contributed by atoms with Gasteiger partial charge < -0.3 is 10.6 Å². The van der Waals surface area contributed by atoms with E-state index >= 15 is 0 Å². The topological polar surface area (TPSA) is 71.1 Å². The normalized spacial score (nSPS) is 14.2. The van der Waals surface area contributed by atoms with Crippen molar-refractivity contribution in [3.8, 4) is 0 Å². The molecule has 0 radical (unpaired) electrons. The predicted molar refractivity (Wildman–Crippen MR) is 96.4 cm³/mol. The Morgan fingerprint density at radius 2 is 1.80 bits per heavy atom. The summed E-state index contributed by atoms with van der Waals surface area (Å²) >= 11 is 0. The average molecular weight is 337 g/mol. The van der Waals surface area contributed by atoms with Gasteiger partial charge >= 0.3 is 0 Å². The molecule has 2 amide bonds. The molecule has 3 rings (SSSR count). The minimum absolute atomic E-state index is 0.187. The highest BCUT2D eigenvalue weighted by Gasteiger charge is 2.19. The van der Waals surface area contributed by atoms with Crippen LogP contribution in [-0.2, 0) is 6.42 Å². The summed E-state index contributed by atoms with van der Waals surface area (Å²) in [6, 6.07) is 13.4. The van der Waals surface area contributed by atoms with Crippen molar-refractivity contribution in [2.24, 2.45) is 0 Å². The maximum atomic E-state index is 12.3. The van der Waals surface area contributed by atoms with E-state index in [2.05, 4.69) is 15.6 Å². The first kappa shape index (κ1) is 17.1. The number of rotatable bonds is 6. The smallest absolute Gasteiger partial charge is 0.270 e. The van der Waals surface area contributed by atoms with Crippen LogP contribution in [0.15, 0.2) is 48.7 Å². The lowest BCUT2D eigenvalue weighted by atomic mass is 10.1. The van der Waals surface area contributed by atoms with Crippen LogP contribution in [-0.4, -0.2) is 29.4 Å². The van der Waals surface area contributed by atoms with Crippen molar-refractivity contribution in [3.63, 3.8) is 0 Å². The van der Waals surface area contributed by atoms with Gasteiger partial charge in [0.25, 0.3) is 11.8 Å². The molecule has 1 aliphatic rings. The van der Waals surface area contributed by atoms with Crippen LogP contribution < -0.4 is 10.6 Å². The Morgan fingerprint density at radius 3 is 2.56 bits per heavy atom. The molecular formula is C20H23N3O2. The highest BCUT2D eigenvalue weighted by Crippen LogP contribution is 2.18. The molecule has 0 aliphatic heterocycles. The molecule has 1 saturated carbocycles. The summed E-state index contributed by atoms with van der Waals surface area (Å²) in [5.41, 5.74) is 1.93. The molecule has 0 atom stereocenters. The minimum atomic E-state index is -0.203. The number of nitrogens with zero attached hydrogens (tertiary/aromatic N) is 1. The van der Waals surface area contributed by atoms with E-state index in [4.69, 9.17) is 0 Å². The van der Waals surface area contributed by atoms with Gasteiger partial charge in [-0.15, -0.1) is 0 Å². The fraction of sp³-hybridized carbons (Fsp3) is 0.350. The molecule has 5 heteroatoms. The Kier molecular flexibility index (Phi) is 5.77. The number of carbonyl (C=O) groups excluding carboxylic acids is 2. The van der Waals surface area contributed by atoms with Crippen LogP contribution in [0.25, 0.3) is 0 Å². The Balaban J connectivity index is 1.54. The van der Waals surface area contributed by atoms with Crippen LogP contribution >= 0.6 is 0 Å². The van der Waals surface area contributed by atoms with E-state index in [1.165, 1.54) is 11.8 Å². The number of pyridine rings is 1. The molecule has 1 aliphatic carbocycles. The van der Waals surface area contributed by atoms with Gasteiger partial charge in [0, 0.05) is 24.3 Å². The molecular weight excluding hydrogens is 314 g/mol. The first-order valence-corrected chi connectivity index (χ1v) is 8.81. The maximum absolute atomic E-state index is 12.3. The van der Waals surface area contributed by atoms with Crippen molar-refractivity contribution in [2.75, 3.05) is 6.54 Å². The lowest BCUT2D eigenvalue weighted by molar-refractivity contribution is 0.0933. The minimum Gasteiger partial charge on any atom is -0.352 e. The average Bonchev–Trinajstić information content (AvgIpc) is 3.15. The van der Waals surface area contributed by atoms with Crippen molar-refractivity contribution in [2.45, 2.75) is 38.1 Å². The molecule has 5 nitrogen and oxygen atoms in total. The van der Waals surface area contributed by atoms with Crippen molar-refractivity contribution < 1.29 is 9.59 Å². The zero-order valence-corrected chi connectivity index (χ0v) is 14.2. The number of amides is 2. The first-order valence-electron chi connectivity index (χ1n) is 8.81. The third kappa shape index (κ3) is 4.89. The lowest BCUT2D eigenvalue weighted by Gasteiger charge is -2.12. The van der Waals surface area contributed by atoms with Crippen molar-refractivity contribution >= 4 is 11.8 Å². The molecule has 25 heavy (non-hydrogen) atoms. The molecule has 0 bridgehead atoms. The summed E-state index contributed by atoms with van der Waals surface area (Å²) in [6.07, 6.45) is 6.63. The number of hydrogen-bond acceptors (Lipinski definition) is 3. The van der Waals surface area contributed by atoms with Crippen LogP contribution in [0.4, 0.5) is 0 Å². The van der Waals surface area contributed by atoms with E-state index in [-0.39, 0.29) is 17.9 Å². The third-order valence-corrected chi connectivity index (χ3v) is 4.49. The maximum Gasteiger partial charge on any atom is 0.270 e. The monoisotopic (exact) mass is 337 g/mol. The fourth-order valence-corrected chi connectivity index (χ4v) is 3.09. The molecule has 1 aromatic heterocycles. The second kappa shape index (κ2) is 8.42. The van der Waals surface area contributed by atoms with E-state index in [0.29, 0.717) is 17.8 Å². The molecule has 1 fully saturated rings. The van der Waals surface area contributed by atoms with Crippen molar-refractivity contribution in [3.05, 3.63) is 65.5 Å². The number of nitrogens with one attached hydrogen (secondary N) is 2. The van der Waals surface area contributed by atoms with Crippen LogP contribution in [0.3, 0.4) is 0 Å². The van der Waals surface area contributed by atoms with Gasteiger partial charge in [0.05, 0.1) is 0 Å². The molecule has 1 aromatic carbocycles. The van der Waals surface area contributed by atoms with Crippen molar-refractivity contribution in [1.29, 1.82) is 0 Å². The lowest BCUT2D eigenvalue weighted by Crippen LogP contribution is -2.33. The Hall–Kier alpha value is -2.69. The summed E-state index contributed by atoms with van der Waals surface area (Å²) in [5.74, 6) is -0.390. The van der Waals surface area contributed by atoms with Crippen LogP contribution in [0, 0.1) is 0 Å². The highest BCUT2D eigenvalue weighted by molar-refractivity contribution is 5.98. The van der Waals surface area contributed by atoms with Gasteiger partial charge in [0.1, 0.15) is 5.69 Å². The van der Waals surface area contributed by atoms with E-state index in [1.807, 2.05) is 30.3 Å². The van der Waals surface area contributed by atoms with Gasteiger partial charge in [-0.3, -0.25) is 14.6 Å². The summed E-state index contributed by atoms with van der Waals surface area (Å²) in [6.45, 7) is 0.550. The molecule has 0 saturated heterocycles. The van der Waals surface area contributed by atoms with Crippen LogP contribution in [0.1, 0.15) is 52.1 Å². The highest BCUT2D eigenvalue weighted by atomic mass is 16.2. The van der Waals surface area contributed by atoms with Gasteiger partial charge in [0.2, 0.25) is 0 Å². The van der Waals surface area contributed by atoms with Gasteiger partial charge in [-0.25, -0.2) is 0 Å². The Labute approximate surface area is 147 Å². The summed E-state index contributed by atoms with van der Waals surface area (Å²) in [7, 11) is 0. The van der Waals surface area contributed by atoms with Gasteiger partial charge in [-0.2, -0.15) is 0 Å². The molecule has 1 heterocycles. The van der Waals surface area contributed by atoms with E-state index in [9.17, 15) is 9.59 Å². The third-order valence-electron chi connectivity index (χ3n) is 4.49. The molecule has 0 spiro atoms. The number of carbonyl (C=O) groups is 2. The predicted octanol–water partition coefficient (Wildman–Crippen LogP) is 2.73.